The summed E-state index contributed by atoms with van der Waals surface area (Å²) in [5.74, 6) is 0.466. The molecule has 0 atom stereocenters. The standard InChI is InChI=1S/C16H14BNO3/c19-17(20)14-6-2-4-8-16(14)21-11-12-9-10-18-15-7-3-1-5-13(12)15/h1-10,19-20H,11H2. The molecule has 4 nitrogen and oxygen atoms in total. The van der Waals surface area contributed by atoms with Crippen molar-refractivity contribution < 1.29 is 14.8 Å². The lowest BCUT2D eigenvalue weighted by atomic mass is 9.79. The van der Waals surface area contributed by atoms with Crippen LogP contribution in [0.1, 0.15) is 5.56 Å². The Labute approximate surface area is 122 Å². The van der Waals surface area contributed by atoms with Crippen molar-refractivity contribution in [2.75, 3.05) is 0 Å². The lowest BCUT2D eigenvalue weighted by Gasteiger charge is -2.12. The summed E-state index contributed by atoms with van der Waals surface area (Å²) in [6.07, 6.45) is 1.74. The fourth-order valence-corrected chi connectivity index (χ4v) is 2.26. The third-order valence-corrected chi connectivity index (χ3v) is 3.32. The first-order chi connectivity index (χ1) is 10.3. The number of benzene rings is 2. The van der Waals surface area contributed by atoms with Crippen LogP contribution in [0.3, 0.4) is 0 Å². The average molecular weight is 279 g/mol. The summed E-state index contributed by atoms with van der Waals surface area (Å²) in [5, 5.41) is 19.7. The van der Waals surface area contributed by atoms with Gasteiger partial charge in [0, 0.05) is 22.6 Å². The van der Waals surface area contributed by atoms with Gasteiger partial charge in [-0.05, 0) is 18.2 Å². The Morgan fingerprint density at radius 1 is 0.952 bits per heavy atom. The maximum Gasteiger partial charge on any atom is 0.492 e. The predicted octanol–water partition coefficient (Wildman–Crippen LogP) is 1.49. The van der Waals surface area contributed by atoms with Crippen LogP contribution >= 0.6 is 0 Å². The molecule has 0 unspecified atom stereocenters. The van der Waals surface area contributed by atoms with Gasteiger partial charge in [0.25, 0.3) is 0 Å². The Balaban J connectivity index is 1.87. The second-order valence-corrected chi connectivity index (χ2v) is 4.69. The highest BCUT2D eigenvalue weighted by molar-refractivity contribution is 6.59. The van der Waals surface area contributed by atoms with Gasteiger partial charge in [0.1, 0.15) is 12.4 Å². The summed E-state index contributed by atoms with van der Waals surface area (Å²) in [6, 6.07) is 16.6. The van der Waals surface area contributed by atoms with Crippen molar-refractivity contribution in [1.29, 1.82) is 0 Å². The molecule has 0 saturated heterocycles. The van der Waals surface area contributed by atoms with E-state index in [-0.39, 0.29) is 0 Å². The largest absolute Gasteiger partial charge is 0.492 e. The van der Waals surface area contributed by atoms with E-state index in [9.17, 15) is 10.0 Å². The fourth-order valence-electron chi connectivity index (χ4n) is 2.26. The van der Waals surface area contributed by atoms with Gasteiger partial charge in [-0.25, -0.2) is 0 Å². The fraction of sp³-hybridized carbons (Fsp3) is 0.0625. The van der Waals surface area contributed by atoms with E-state index >= 15 is 0 Å². The summed E-state index contributed by atoms with van der Waals surface area (Å²) in [4.78, 5) is 4.31. The summed E-state index contributed by atoms with van der Waals surface area (Å²) >= 11 is 0. The van der Waals surface area contributed by atoms with Crippen LogP contribution in [0.25, 0.3) is 10.9 Å². The highest BCUT2D eigenvalue weighted by Gasteiger charge is 2.16. The lowest BCUT2D eigenvalue weighted by Crippen LogP contribution is -2.31. The number of rotatable bonds is 4. The SMILES string of the molecule is OB(O)c1ccccc1OCc1ccnc2ccccc12. The zero-order valence-corrected chi connectivity index (χ0v) is 11.3. The van der Waals surface area contributed by atoms with E-state index in [1.165, 1.54) is 0 Å². The van der Waals surface area contributed by atoms with Gasteiger partial charge in [-0.1, -0.05) is 36.4 Å². The Bertz CT molecular complexity index is 756. The maximum absolute atomic E-state index is 9.34. The molecule has 104 valence electrons. The van der Waals surface area contributed by atoms with E-state index in [1.54, 1.807) is 30.5 Å². The van der Waals surface area contributed by atoms with Crippen LogP contribution in [-0.2, 0) is 6.61 Å². The number of nitrogens with zero attached hydrogens (tertiary/aromatic N) is 1. The van der Waals surface area contributed by atoms with E-state index in [4.69, 9.17) is 4.74 Å². The van der Waals surface area contributed by atoms with Gasteiger partial charge in [-0.3, -0.25) is 4.98 Å². The van der Waals surface area contributed by atoms with Crippen LogP contribution in [-0.4, -0.2) is 22.2 Å². The molecule has 0 bridgehead atoms. The molecule has 0 aliphatic carbocycles. The molecule has 3 rings (SSSR count). The molecular weight excluding hydrogens is 265 g/mol. The van der Waals surface area contributed by atoms with Crippen molar-refractivity contribution in [3.8, 4) is 5.75 Å². The summed E-state index contributed by atoms with van der Waals surface area (Å²) in [5.41, 5.74) is 2.27. The van der Waals surface area contributed by atoms with Crippen LogP contribution < -0.4 is 10.2 Å². The molecule has 1 aromatic heterocycles. The molecule has 0 radical (unpaired) electrons. The molecular formula is C16H14BNO3. The Morgan fingerprint density at radius 3 is 2.57 bits per heavy atom. The Kier molecular flexibility index (Phi) is 3.86. The molecule has 2 N–H and O–H groups in total. The molecule has 3 aromatic rings. The summed E-state index contributed by atoms with van der Waals surface area (Å²) in [7, 11) is -1.55. The van der Waals surface area contributed by atoms with Crippen LogP contribution in [0.2, 0.25) is 0 Å². The van der Waals surface area contributed by atoms with Crippen molar-refractivity contribution in [2.45, 2.75) is 6.61 Å². The number of fused-ring (bicyclic) bond motifs is 1. The smallest absolute Gasteiger partial charge is 0.489 e. The molecule has 0 fully saturated rings. The Hall–Kier alpha value is -2.37. The Morgan fingerprint density at radius 2 is 1.71 bits per heavy atom. The molecule has 21 heavy (non-hydrogen) atoms. The van der Waals surface area contributed by atoms with Crippen LogP contribution in [0.15, 0.2) is 60.8 Å². The van der Waals surface area contributed by atoms with E-state index < -0.39 is 7.12 Å². The third-order valence-electron chi connectivity index (χ3n) is 3.32. The minimum absolute atomic E-state index is 0.340. The normalized spacial score (nSPS) is 10.6. The van der Waals surface area contributed by atoms with Crippen molar-refractivity contribution in [1.82, 2.24) is 4.98 Å². The predicted molar refractivity (Wildman–Crippen MR) is 82.3 cm³/mol. The number of ether oxygens (including phenoxy) is 1. The second kappa shape index (κ2) is 5.95. The van der Waals surface area contributed by atoms with Crippen molar-refractivity contribution in [2.24, 2.45) is 0 Å². The van der Waals surface area contributed by atoms with Gasteiger partial charge in [0.05, 0.1) is 5.52 Å². The molecule has 0 spiro atoms. The van der Waals surface area contributed by atoms with E-state index in [0.717, 1.165) is 16.5 Å². The zero-order valence-electron chi connectivity index (χ0n) is 11.3. The van der Waals surface area contributed by atoms with Gasteiger partial charge >= 0.3 is 7.12 Å². The van der Waals surface area contributed by atoms with E-state index in [2.05, 4.69) is 4.98 Å². The van der Waals surface area contributed by atoms with Gasteiger partial charge in [-0.2, -0.15) is 0 Å². The van der Waals surface area contributed by atoms with Crippen molar-refractivity contribution in [3.05, 3.63) is 66.4 Å². The van der Waals surface area contributed by atoms with Crippen LogP contribution in [0, 0.1) is 0 Å². The average Bonchev–Trinajstić information content (AvgIpc) is 2.53. The number of hydrogen-bond acceptors (Lipinski definition) is 4. The third kappa shape index (κ3) is 2.89. The minimum atomic E-state index is -1.55. The summed E-state index contributed by atoms with van der Waals surface area (Å²) < 4.78 is 5.74. The quantitative estimate of drug-likeness (QED) is 0.710. The van der Waals surface area contributed by atoms with E-state index in [0.29, 0.717) is 17.8 Å². The number of aromatic nitrogens is 1. The van der Waals surface area contributed by atoms with Gasteiger partial charge in [0.15, 0.2) is 0 Å². The van der Waals surface area contributed by atoms with Crippen LogP contribution in [0.5, 0.6) is 5.75 Å². The molecule has 2 aromatic carbocycles. The molecule has 1 heterocycles. The highest BCUT2D eigenvalue weighted by Crippen LogP contribution is 2.18. The van der Waals surface area contributed by atoms with Crippen LogP contribution in [0.4, 0.5) is 0 Å². The van der Waals surface area contributed by atoms with Crippen molar-refractivity contribution in [3.63, 3.8) is 0 Å². The zero-order chi connectivity index (χ0) is 14.7. The highest BCUT2D eigenvalue weighted by atomic mass is 16.5. The lowest BCUT2D eigenvalue weighted by molar-refractivity contribution is 0.308. The molecule has 5 heteroatoms. The number of para-hydroxylation sites is 2. The maximum atomic E-state index is 9.34. The van der Waals surface area contributed by atoms with Gasteiger partial charge in [-0.15, -0.1) is 0 Å². The second-order valence-electron chi connectivity index (χ2n) is 4.69. The first kappa shape index (κ1) is 13.6. The first-order valence-corrected chi connectivity index (χ1v) is 6.66. The van der Waals surface area contributed by atoms with E-state index in [1.807, 2.05) is 30.3 Å². The monoisotopic (exact) mass is 279 g/mol. The topological polar surface area (TPSA) is 62.6 Å². The van der Waals surface area contributed by atoms with Crippen molar-refractivity contribution >= 4 is 23.5 Å². The summed E-state index contributed by atoms with van der Waals surface area (Å²) in [6.45, 7) is 0.340. The molecule has 0 amide bonds. The number of hydrogen-bond donors (Lipinski definition) is 2. The number of pyridine rings is 1. The van der Waals surface area contributed by atoms with Gasteiger partial charge < -0.3 is 14.8 Å². The molecule has 0 aliphatic rings. The molecule has 0 saturated carbocycles. The minimum Gasteiger partial charge on any atom is -0.489 e. The van der Waals surface area contributed by atoms with Gasteiger partial charge in [0.2, 0.25) is 0 Å². The first-order valence-electron chi connectivity index (χ1n) is 6.66. The molecule has 0 aliphatic heterocycles.